The Kier molecular flexibility index (Phi) is 10.0. The van der Waals surface area contributed by atoms with Gasteiger partial charge in [-0.2, -0.15) is 0 Å². The number of hydrogen-bond acceptors (Lipinski definition) is 4. The second kappa shape index (κ2) is 13.5. The van der Waals surface area contributed by atoms with Gasteiger partial charge in [-0.1, -0.05) is 130 Å². The monoisotopic (exact) mass is 580 g/mol. The maximum absolute atomic E-state index is 12.5. The third kappa shape index (κ3) is 7.76. The lowest BCUT2D eigenvalue weighted by Gasteiger charge is -2.43. The number of amides is 1. The van der Waals surface area contributed by atoms with E-state index >= 15 is 0 Å². The number of carbonyl (C=O) groups excluding carboxylic acids is 1. The predicted octanol–water partition coefficient (Wildman–Crippen LogP) is 7.44. The van der Waals surface area contributed by atoms with Gasteiger partial charge in [0.25, 0.3) is 8.32 Å². The molecule has 4 rings (SSSR count). The molecule has 1 unspecified atom stereocenters. The van der Waals surface area contributed by atoms with E-state index in [1.165, 1.54) is 10.4 Å². The zero-order valence-corrected chi connectivity index (χ0v) is 26.7. The molecule has 0 aliphatic rings. The van der Waals surface area contributed by atoms with Gasteiger partial charge in [-0.05, 0) is 53.4 Å². The molecule has 0 saturated heterocycles. The Morgan fingerprint density at radius 1 is 0.714 bits per heavy atom. The Morgan fingerprint density at radius 3 is 1.74 bits per heavy atom. The molecule has 42 heavy (non-hydrogen) atoms. The number of ether oxygens (including phenoxy) is 1. The molecule has 1 atom stereocenters. The quantitative estimate of drug-likeness (QED) is 0.191. The fourth-order valence-corrected chi connectivity index (χ4v) is 9.94. The van der Waals surface area contributed by atoms with Crippen LogP contribution in [0.5, 0.6) is 0 Å². The van der Waals surface area contributed by atoms with Gasteiger partial charge in [0.1, 0.15) is 5.60 Å². The van der Waals surface area contributed by atoms with Crippen molar-refractivity contribution in [2.45, 2.75) is 64.8 Å². The summed E-state index contributed by atoms with van der Waals surface area (Å²) in [5, 5.41) is 9.05. The van der Waals surface area contributed by atoms with E-state index in [1.807, 2.05) is 51.1 Å². The third-order valence-electron chi connectivity index (χ3n) is 7.28. The van der Waals surface area contributed by atoms with E-state index < -0.39 is 20.0 Å². The summed E-state index contributed by atoms with van der Waals surface area (Å²) in [5.74, 6) is 0. The summed E-state index contributed by atoms with van der Waals surface area (Å²) in [6.45, 7) is 13.5. The Hall–Kier alpha value is -3.71. The molecule has 4 aromatic rings. The first kappa shape index (κ1) is 31.2. The molecule has 0 bridgehead atoms. The van der Waals surface area contributed by atoms with Crippen molar-refractivity contribution in [1.82, 2.24) is 5.32 Å². The fraction of sp³-hybridized carbons (Fsp3) is 0.306. The number of anilines is 1. The van der Waals surface area contributed by atoms with Crippen LogP contribution in [0.1, 0.15) is 58.7 Å². The van der Waals surface area contributed by atoms with Crippen LogP contribution in [0.25, 0.3) is 0 Å². The summed E-state index contributed by atoms with van der Waals surface area (Å²) in [4.78, 5) is 12.5. The van der Waals surface area contributed by atoms with Crippen molar-refractivity contribution in [3.63, 3.8) is 0 Å². The maximum Gasteiger partial charge on any atom is 0.412 e. The summed E-state index contributed by atoms with van der Waals surface area (Å²) in [6.07, 6.45) is -0.468. The Morgan fingerprint density at radius 2 is 1.21 bits per heavy atom. The molecule has 220 valence electrons. The number of hydrogen-bond donors (Lipinski definition) is 2. The van der Waals surface area contributed by atoms with Gasteiger partial charge in [-0.25, -0.2) is 4.79 Å². The minimum absolute atomic E-state index is 0.0811. The van der Waals surface area contributed by atoms with Crippen molar-refractivity contribution in [2.24, 2.45) is 0 Å². The lowest BCUT2D eigenvalue weighted by atomic mass is 10.1. The molecule has 6 heteroatoms. The van der Waals surface area contributed by atoms with Gasteiger partial charge in [-0.3, -0.25) is 5.32 Å². The molecule has 0 aliphatic carbocycles. The summed E-state index contributed by atoms with van der Waals surface area (Å²) >= 11 is 0. The number of para-hydroxylation sites is 1. The average Bonchev–Trinajstić information content (AvgIpc) is 2.95. The highest BCUT2D eigenvalue weighted by Crippen LogP contribution is 2.37. The Labute approximate surface area is 252 Å². The number of benzene rings is 4. The number of nitrogens with one attached hydrogen (secondary N) is 2. The zero-order chi connectivity index (χ0) is 30.2. The van der Waals surface area contributed by atoms with Gasteiger partial charge < -0.3 is 14.5 Å². The largest absolute Gasteiger partial charge is 0.444 e. The molecule has 0 heterocycles. The molecular formula is C36H44N2O3Si. The van der Waals surface area contributed by atoms with E-state index in [2.05, 4.69) is 116 Å². The van der Waals surface area contributed by atoms with Crippen LogP contribution >= 0.6 is 0 Å². The van der Waals surface area contributed by atoms with E-state index in [1.54, 1.807) is 0 Å². The standard InChI is InChI=1S/C36H44N2O3Si/c1-35(2,3)41-34(39)38-32-25-17-16-20-29(32)26-37-33(28-18-10-7-11-19-28)27-40-42(36(4,5)6,30-21-12-8-13-22-30)31-23-14-9-15-24-31/h7-25,33,37H,26-27H2,1-6H3,(H,38,39). The van der Waals surface area contributed by atoms with Crippen LogP contribution < -0.4 is 21.0 Å². The molecule has 0 fully saturated rings. The van der Waals surface area contributed by atoms with E-state index in [4.69, 9.17) is 9.16 Å². The van der Waals surface area contributed by atoms with E-state index in [-0.39, 0.29) is 11.1 Å². The summed E-state index contributed by atoms with van der Waals surface area (Å²) in [5.41, 5.74) is 2.26. The van der Waals surface area contributed by atoms with Crippen LogP contribution in [0, 0.1) is 0 Å². The average molecular weight is 581 g/mol. The molecular weight excluding hydrogens is 536 g/mol. The van der Waals surface area contributed by atoms with Crippen LogP contribution in [0.15, 0.2) is 115 Å². The lowest BCUT2D eigenvalue weighted by Crippen LogP contribution is -2.67. The second-order valence-corrected chi connectivity index (χ2v) is 16.9. The van der Waals surface area contributed by atoms with Crippen LogP contribution in [-0.2, 0) is 15.7 Å². The van der Waals surface area contributed by atoms with E-state index in [0.717, 1.165) is 16.8 Å². The number of rotatable bonds is 10. The first-order chi connectivity index (χ1) is 20.0. The van der Waals surface area contributed by atoms with Crippen LogP contribution in [0.4, 0.5) is 10.5 Å². The Balaban J connectivity index is 1.64. The van der Waals surface area contributed by atoms with Gasteiger partial charge in [-0.15, -0.1) is 0 Å². The van der Waals surface area contributed by atoms with E-state index in [0.29, 0.717) is 13.2 Å². The molecule has 2 N–H and O–H groups in total. The van der Waals surface area contributed by atoms with Crippen molar-refractivity contribution in [3.05, 3.63) is 126 Å². The molecule has 4 aromatic carbocycles. The maximum atomic E-state index is 12.5. The van der Waals surface area contributed by atoms with Gasteiger partial charge >= 0.3 is 6.09 Å². The first-order valence-electron chi connectivity index (χ1n) is 14.6. The molecule has 5 nitrogen and oxygen atoms in total. The van der Waals surface area contributed by atoms with Crippen LogP contribution in [0.3, 0.4) is 0 Å². The van der Waals surface area contributed by atoms with E-state index in [9.17, 15) is 4.79 Å². The highest BCUT2D eigenvalue weighted by atomic mass is 28.4. The molecule has 0 saturated carbocycles. The van der Waals surface area contributed by atoms with Crippen molar-refractivity contribution < 1.29 is 14.0 Å². The Bertz CT molecular complexity index is 1380. The van der Waals surface area contributed by atoms with Crippen LogP contribution in [-0.4, -0.2) is 26.6 Å². The molecule has 1 amide bonds. The fourth-order valence-electron chi connectivity index (χ4n) is 5.37. The molecule has 0 spiro atoms. The zero-order valence-electron chi connectivity index (χ0n) is 25.7. The first-order valence-corrected chi connectivity index (χ1v) is 16.5. The topological polar surface area (TPSA) is 59.6 Å². The van der Waals surface area contributed by atoms with Gasteiger partial charge in [0.2, 0.25) is 0 Å². The minimum atomic E-state index is -2.72. The third-order valence-corrected chi connectivity index (χ3v) is 12.3. The van der Waals surface area contributed by atoms with Crippen LogP contribution in [0.2, 0.25) is 5.04 Å². The smallest absolute Gasteiger partial charge is 0.412 e. The number of carbonyl (C=O) groups is 1. The van der Waals surface area contributed by atoms with Crippen molar-refractivity contribution in [3.8, 4) is 0 Å². The highest BCUT2D eigenvalue weighted by molar-refractivity contribution is 6.99. The summed E-state index contributed by atoms with van der Waals surface area (Å²) in [6, 6.07) is 39.6. The molecule has 0 radical (unpaired) electrons. The van der Waals surface area contributed by atoms with Gasteiger partial charge in [0.05, 0.1) is 12.6 Å². The SMILES string of the molecule is CC(C)(C)OC(=O)Nc1ccccc1CNC(CO[Si](c1ccccc1)(c1ccccc1)C(C)(C)C)c1ccccc1. The van der Waals surface area contributed by atoms with Crippen molar-refractivity contribution in [1.29, 1.82) is 0 Å². The summed E-state index contributed by atoms with van der Waals surface area (Å²) < 4.78 is 12.8. The second-order valence-electron chi connectivity index (χ2n) is 12.6. The highest BCUT2D eigenvalue weighted by Gasteiger charge is 2.50. The van der Waals surface area contributed by atoms with Gasteiger partial charge in [0.15, 0.2) is 0 Å². The normalized spacial score (nSPS) is 12.9. The van der Waals surface area contributed by atoms with Gasteiger partial charge in [0, 0.05) is 12.2 Å². The molecule has 0 aromatic heterocycles. The lowest BCUT2D eigenvalue weighted by molar-refractivity contribution is 0.0635. The van der Waals surface area contributed by atoms with Crippen molar-refractivity contribution in [2.75, 3.05) is 11.9 Å². The van der Waals surface area contributed by atoms with Crippen molar-refractivity contribution >= 4 is 30.5 Å². The predicted molar refractivity (Wildman–Crippen MR) is 176 cm³/mol. The summed E-state index contributed by atoms with van der Waals surface area (Å²) in [7, 11) is -2.72. The molecule has 0 aliphatic heterocycles. The minimum Gasteiger partial charge on any atom is -0.444 e.